The van der Waals surface area contributed by atoms with Gasteiger partial charge in [0.2, 0.25) is 0 Å². The van der Waals surface area contributed by atoms with Crippen molar-refractivity contribution in [2.24, 2.45) is 5.73 Å². The van der Waals surface area contributed by atoms with Crippen molar-refractivity contribution in [1.29, 1.82) is 0 Å². The molecular weight excluding hydrogens is 297 g/mol. The van der Waals surface area contributed by atoms with Gasteiger partial charge in [-0.15, -0.1) is 0 Å². The average molecular weight is 310 g/mol. The van der Waals surface area contributed by atoms with E-state index in [1.165, 1.54) is 6.07 Å². The first-order valence-corrected chi connectivity index (χ1v) is 6.40. The third-order valence-electron chi connectivity index (χ3n) is 2.48. The molecule has 2 aromatic carbocycles. The van der Waals surface area contributed by atoms with E-state index in [0.29, 0.717) is 12.3 Å². The Morgan fingerprint density at radius 2 is 1.83 bits per heavy atom. The second-order valence-corrected chi connectivity index (χ2v) is 4.78. The van der Waals surface area contributed by atoms with Gasteiger partial charge in [-0.05, 0) is 48.9 Å². The van der Waals surface area contributed by atoms with Gasteiger partial charge in [-0.1, -0.05) is 28.1 Å². The summed E-state index contributed by atoms with van der Waals surface area (Å²) in [5, 5.41) is 0. The molecule has 2 N–H and O–H groups in total. The Balaban J connectivity index is 2.15. The largest absolute Gasteiger partial charge is 0.454 e. The molecule has 4 heteroatoms. The van der Waals surface area contributed by atoms with Crippen molar-refractivity contribution >= 4 is 15.9 Å². The van der Waals surface area contributed by atoms with Crippen molar-refractivity contribution in [3.05, 3.63) is 58.3 Å². The lowest BCUT2D eigenvalue weighted by Crippen LogP contribution is -2.02. The van der Waals surface area contributed by atoms with E-state index in [9.17, 15) is 4.39 Å². The van der Waals surface area contributed by atoms with Crippen LogP contribution in [0.15, 0.2) is 46.9 Å². The summed E-state index contributed by atoms with van der Waals surface area (Å²) in [6.07, 6.45) is 0.825. The number of ether oxygens (including phenoxy) is 1. The predicted molar refractivity (Wildman–Crippen MR) is 73.4 cm³/mol. The van der Waals surface area contributed by atoms with Crippen LogP contribution in [0.1, 0.15) is 5.56 Å². The summed E-state index contributed by atoms with van der Waals surface area (Å²) < 4.78 is 19.8. The molecule has 2 aromatic rings. The molecule has 0 radical (unpaired) electrons. The minimum absolute atomic E-state index is 0.205. The van der Waals surface area contributed by atoms with E-state index in [1.54, 1.807) is 12.1 Å². The number of benzene rings is 2. The van der Waals surface area contributed by atoms with E-state index >= 15 is 0 Å². The highest BCUT2D eigenvalue weighted by molar-refractivity contribution is 9.10. The summed E-state index contributed by atoms with van der Waals surface area (Å²) >= 11 is 3.28. The van der Waals surface area contributed by atoms with E-state index in [2.05, 4.69) is 15.9 Å². The monoisotopic (exact) mass is 309 g/mol. The van der Waals surface area contributed by atoms with Gasteiger partial charge in [0, 0.05) is 4.47 Å². The van der Waals surface area contributed by atoms with Crippen LogP contribution >= 0.6 is 15.9 Å². The molecule has 0 aliphatic carbocycles. The van der Waals surface area contributed by atoms with Gasteiger partial charge >= 0.3 is 0 Å². The second kappa shape index (κ2) is 5.98. The normalized spacial score (nSPS) is 10.4. The molecule has 0 saturated carbocycles. The molecule has 0 bridgehead atoms. The minimum Gasteiger partial charge on any atom is -0.454 e. The van der Waals surface area contributed by atoms with Crippen LogP contribution in [-0.4, -0.2) is 6.54 Å². The van der Waals surface area contributed by atoms with Crippen molar-refractivity contribution in [3.8, 4) is 11.5 Å². The topological polar surface area (TPSA) is 35.2 Å². The summed E-state index contributed by atoms with van der Waals surface area (Å²) in [4.78, 5) is 0. The Morgan fingerprint density at radius 3 is 2.50 bits per heavy atom. The first kappa shape index (κ1) is 13.1. The standard InChI is InChI=1S/C14H13BrFNO/c15-11-3-6-13(16)14(9-11)18-12-4-1-10(2-5-12)7-8-17/h1-6,9H,7-8,17H2. The SMILES string of the molecule is NCCc1ccc(Oc2cc(Br)ccc2F)cc1. The second-order valence-electron chi connectivity index (χ2n) is 3.86. The molecule has 0 aliphatic heterocycles. The van der Waals surface area contributed by atoms with Gasteiger partial charge in [-0.3, -0.25) is 0 Å². The van der Waals surface area contributed by atoms with Crippen molar-refractivity contribution in [1.82, 2.24) is 0 Å². The predicted octanol–water partition coefficient (Wildman–Crippen LogP) is 3.88. The summed E-state index contributed by atoms with van der Waals surface area (Å²) in [6, 6.07) is 12.1. The summed E-state index contributed by atoms with van der Waals surface area (Å²) in [5.74, 6) is 0.424. The van der Waals surface area contributed by atoms with Gasteiger partial charge in [0.05, 0.1) is 0 Å². The molecule has 0 heterocycles. The highest BCUT2D eigenvalue weighted by Gasteiger charge is 2.05. The van der Waals surface area contributed by atoms with Crippen LogP contribution in [0.2, 0.25) is 0 Å². The molecule has 94 valence electrons. The van der Waals surface area contributed by atoms with Gasteiger partial charge in [-0.2, -0.15) is 0 Å². The fourth-order valence-electron chi connectivity index (χ4n) is 1.57. The first-order chi connectivity index (χ1) is 8.69. The number of rotatable bonds is 4. The van der Waals surface area contributed by atoms with Crippen LogP contribution in [-0.2, 0) is 6.42 Å². The molecule has 0 amide bonds. The van der Waals surface area contributed by atoms with Crippen molar-refractivity contribution < 1.29 is 9.13 Å². The Kier molecular flexibility index (Phi) is 4.33. The van der Waals surface area contributed by atoms with E-state index in [-0.39, 0.29) is 11.6 Å². The highest BCUT2D eigenvalue weighted by atomic mass is 79.9. The minimum atomic E-state index is -0.385. The number of hydrogen-bond acceptors (Lipinski definition) is 2. The zero-order valence-corrected chi connectivity index (χ0v) is 11.3. The maximum Gasteiger partial charge on any atom is 0.165 e. The quantitative estimate of drug-likeness (QED) is 0.930. The molecule has 0 fully saturated rings. The summed E-state index contributed by atoms with van der Waals surface area (Å²) in [5.41, 5.74) is 6.61. The summed E-state index contributed by atoms with van der Waals surface area (Å²) in [7, 11) is 0. The van der Waals surface area contributed by atoms with Gasteiger partial charge < -0.3 is 10.5 Å². The maximum atomic E-state index is 13.5. The fourth-order valence-corrected chi connectivity index (χ4v) is 1.91. The van der Waals surface area contributed by atoms with Gasteiger partial charge in [-0.25, -0.2) is 4.39 Å². The Labute approximate surface area is 114 Å². The maximum absolute atomic E-state index is 13.5. The Bertz CT molecular complexity index is 528. The van der Waals surface area contributed by atoms with Gasteiger partial charge in [0.1, 0.15) is 5.75 Å². The Hall–Kier alpha value is -1.39. The van der Waals surface area contributed by atoms with Crippen LogP contribution in [0.25, 0.3) is 0 Å². The van der Waals surface area contributed by atoms with Crippen LogP contribution in [0.4, 0.5) is 4.39 Å². The average Bonchev–Trinajstić information content (AvgIpc) is 2.37. The third-order valence-corrected chi connectivity index (χ3v) is 2.97. The summed E-state index contributed by atoms with van der Waals surface area (Å²) in [6.45, 7) is 0.612. The van der Waals surface area contributed by atoms with Gasteiger partial charge in [0.15, 0.2) is 11.6 Å². The highest BCUT2D eigenvalue weighted by Crippen LogP contribution is 2.27. The first-order valence-electron chi connectivity index (χ1n) is 5.61. The Morgan fingerprint density at radius 1 is 1.11 bits per heavy atom. The number of hydrogen-bond donors (Lipinski definition) is 1. The number of nitrogens with two attached hydrogens (primary N) is 1. The van der Waals surface area contributed by atoms with Crippen LogP contribution in [0.5, 0.6) is 11.5 Å². The fraction of sp³-hybridized carbons (Fsp3) is 0.143. The zero-order valence-electron chi connectivity index (χ0n) is 9.70. The van der Waals surface area contributed by atoms with Crippen molar-refractivity contribution in [2.75, 3.05) is 6.54 Å². The smallest absolute Gasteiger partial charge is 0.165 e. The lowest BCUT2D eigenvalue weighted by molar-refractivity contribution is 0.442. The van der Waals surface area contributed by atoms with Crippen LogP contribution in [0.3, 0.4) is 0 Å². The van der Waals surface area contributed by atoms with E-state index in [1.807, 2.05) is 24.3 Å². The zero-order chi connectivity index (χ0) is 13.0. The van der Waals surface area contributed by atoms with Gasteiger partial charge in [0.25, 0.3) is 0 Å². The van der Waals surface area contributed by atoms with Crippen LogP contribution in [0, 0.1) is 5.82 Å². The molecule has 0 aromatic heterocycles. The molecule has 0 unspecified atom stereocenters. The lowest BCUT2D eigenvalue weighted by atomic mass is 10.1. The van der Waals surface area contributed by atoms with Crippen molar-refractivity contribution in [2.45, 2.75) is 6.42 Å². The molecule has 18 heavy (non-hydrogen) atoms. The van der Waals surface area contributed by atoms with Crippen LogP contribution < -0.4 is 10.5 Å². The molecular formula is C14H13BrFNO. The van der Waals surface area contributed by atoms with E-state index < -0.39 is 0 Å². The molecule has 0 aliphatic rings. The molecule has 0 spiro atoms. The van der Waals surface area contributed by atoms with Crippen molar-refractivity contribution in [3.63, 3.8) is 0 Å². The lowest BCUT2D eigenvalue weighted by Gasteiger charge is -2.08. The molecule has 2 rings (SSSR count). The third kappa shape index (κ3) is 3.31. The molecule has 2 nitrogen and oxygen atoms in total. The molecule has 0 saturated heterocycles. The van der Waals surface area contributed by atoms with E-state index in [0.717, 1.165) is 16.5 Å². The number of halogens is 2. The molecule has 0 atom stereocenters. The van der Waals surface area contributed by atoms with E-state index in [4.69, 9.17) is 10.5 Å².